The van der Waals surface area contributed by atoms with Crippen molar-refractivity contribution in [3.8, 4) is 0 Å². The minimum absolute atomic E-state index is 0.118. The number of nitrogen functional groups attached to an aromatic ring is 1. The van der Waals surface area contributed by atoms with Crippen LogP contribution in [-0.4, -0.2) is 27.4 Å². The smallest absolute Gasteiger partial charge is 0.295 e. The van der Waals surface area contributed by atoms with Gasteiger partial charge < -0.3 is 21.1 Å². The van der Waals surface area contributed by atoms with E-state index in [9.17, 15) is 14.7 Å². The van der Waals surface area contributed by atoms with E-state index in [2.05, 4.69) is 15.5 Å². The van der Waals surface area contributed by atoms with Gasteiger partial charge in [-0.2, -0.15) is 4.68 Å². The molecule has 0 aliphatic rings. The standard InChI is InChI=1S/C9H15N5O3/c1-9(2,3)6-7(17)14(10)8(13-12-6)11-4-5(15)16/h4,10H2,1-3H3,(H,11,13)(H,15,16)/p-1. The second-order valence-corrected chi connectivity index (χ2v) is 4.52. The first-order chi connectivity index (χ1) is 7.73. The molecule has 0 spiro atoms. The quantitative estimate of drug-likeness (QED) is 0.574. The monoisotopic (exact) mass is 240 g/mol. The zero-order chi connectivity index (χ0) is 13.2. The molecule has 1 rings (SSSR count). The van der Waals surface area contributed by atoms with Gasteiger partial charge in [-0.15, -0.1) is 10.2 Å². The van der Waals surface area contributed by atoms with Crippen LogP contribution in [0.4, 0.5) is 5.95 Å². The number of nitrogens with two attached hydrogens (primary N) is 1. The molecule has 3 N–H and O–H groups in total. The highest BCUT2D eigenvalue weighted by atomic mass is 16.4. The topological polar surface area (TPSA) is 126 Å². The van der Waals surface area contributed by atoms with Crippen LogP contribution >= 0.6 is 0 Å². The number of carboxylic acid groups (broad SMARTS) is 1. The molecule has 0 saturated carbocycles. The molecule has 0 radical (unpaired) electrons. The van der Waals surface area contributed by atoms with Gasteiger partial charge in [0.1, 0.15) is 5.69 Å². The SMILES string of the molecule is CC(C)(C)c1nnc(NCC(=O)[O-])n(N)c1=O. The van der Waals surface area contributed by atoms with Gasteiger partial charge in [0.25, 0.3) is 5.56 Å². The first kappa shape index (κ1) is 12.9. The van der Waals surface area contributed by atoms with Crippen LogP contribution in [0.15, 0.2) is 4.79 Å². The molecule has 0 aromatic carbocycles. The van der Waals surface area contributed by atoms with E-state index in [-0.39, 0.29) is 11.6 Å². The summed E-state index contributed by atoms with van der Waals surface area (Å²) in [6.45, 7) is 4.90. The average molecular weight is 240 g/mol. The molecular weight excluding hydrogens is 226 g/mol. The number of nitrogens with one attached hydrogen (secondary N) is 1. The second-order valence-electron chi connectivity index (χ2n) is 4.52. The van der Waals surface area contributed by atoms with Gasteiger partial charge in [0.05, 0.1) is 12.5 Å². The highest BCUT2D eigenvalue weighted by Crippen LogP contribution is 2.15. The van der Waals surface area contributed by atoms with E-state index in [0.717, 1.165) is 4.68 Å². The summed E-state index contributed by atoms with van der Waals surface area (Å²) in [5, 5.41) is 20.0. The zero-order valence-electron chi connectivity index (χ0n) is 9.85. The normalized spacial score (nSPS) is 11.2. The summed E-state index contributed by atoms with van der Waals surface area (Å²) in [5.74, 6) is 4.04. The molecule has 0 amide bonds. The van der Waals surface area contributed by atoms with Crippen LogP contribution in [0.2, 0.25) is 0 Å². The second kappa shape index (κ2) is 4.40. The van der Waals surface area contributed by atoms with Crippen LogP contribution < -0.4 is 21.8 Å². The number of carbonyl (C=O) groups is 1. The number of anilines is 1. The van der Waals surface area contributed by atoms with Gasteiger partial charge in [-0.05, 0) is 0 Å². The van der Waals surface area contributed by atoms with Crippen LogP contribution in [0.1, 0.15) is 26.5 Å². The van der Waals surface area contributed by atoms with Crippen molar-refractivity contribution in [3.05, 3.63) is 16.0 Å². The lowest BCUT2D eigenvalue weighted by molar-refractivity contribution is -0.302. The molecule has 1 aromatic heterocycles. The summed E-state index contributed by atoms with van der Waals surface area (Å²) in [6.07, 6.45) is 0. The largest absolute Gasteiger partial charge is 0.548 e. The van der Waals surface area contributed by atoms with E-state index in [1.54, 1.807) is 20.8 Å². The number of carboxylic acids is 1. The van der Waals surface area contributed by atoms with E-state index < -0.39 is 23.5 Å². The fourth-order valence-electron chi connectivity index (χ4n) is 1.14. The number of rotatable bonds is 3. The maximum Gasteiger partial charge on any atom is 0.295 e. The maximum atomic E-state index is 11.8. The molecule has 1 aromatic rings. The lowest BCUT2D eigenvalue weighted by atomic mass is 9.93. The summed E-state index contributed by atoms with van der Waals surface area (Å²) in [6, 6.07) is 0. The Bertz CT molecular complexity index is 488. The van der Waals surface area contributed by atoms with Crippen molar-refractivity contribution in [2.45, 2.75) is 26.2 Å². The van der Waals surface area contributed by atoms with Crippen LogP contribution in [-0.2, 0) is 10.2 Å². The Labute approximate surface area is 97.4 Å². The fraction of sp³-hybridized carbons (Fsp3) is 0.556. The molecule has 0 atom stereocenters. The Morgan fingerprint density at radius 3 is 2.53 bits per heavy atom. The lowest BCUT2D eigenvalue weighted by Crippen LogP contribution is -2.40. The van der Waals surface area contributed by atoms with E-state index in [1.807, 2.05) is 0 Å². The van der Waals surface area contributed by atoms with Gasteiger partial charge in [-0.25, -0.2) is 0 Å². The molecule has 17 heavy (non-hydrogen) atoms. The Morgan fingerprint density at radius 1 is 1.47 bits per heavy atom. The predicted molar refractivity (Wildman–Crippen MR) is 58.6 cm³/mol. The Kier molecular flexibility index (Phi) is 3.35. The van der Waals surface area contributed by atoms with Crippen LogP contribution in [0.3, 0.4) is 0 Å². The van der Waals surface area contributed by atoms with Gasteiger partial charge in [0.2, 0.25) is 5.95 Å². The molecule has 1 heterocycles. The molecule has 0 saturated heterocycles. The summed E-state index contributed by atoms with van der Waals surface area (Å²) in [5.41, 5.74) is -0.801. The summed E-state index contributed by atoms with van der Waals surface area (Å²) in [7, 11) is 0. The van der Waals surface area contributed by atoms with Crippen molar-refractivity contribution in [1.82, 2.24) is 14.9 Å². The Morgan fingerprint density at radius 2 is 2.06 bits per heavy atom. The molecule has 0 unspecified atom stereocenters. The molecule has 0 fully saturated rings. The number of aromatic nitrogens is 3. The van der Waals surface area contributed by atoms with E-state index in [0.29, 0.717) is 0 Å². The lowest BCUT2D eigenvalue weighted by Gasteiger charge is -2.17. The van der Waals surface area contributed by atoms with Crippen molar-refractivity contribution in [1.29, 1.82) is 0 Å². The highest BCUT2D eigenvalue weighted by molar-refractivity contribution is 5.69. The Balaban J connectivity index is 3.12. The maximum absolute atomic E-state index is 11.8. The molecule has 0 aliphatic carbocycles. The van der Waals surface area contributed by atoms with E-state index in [4.69, 9.17) is 5.84 Å². The highest BCUT2D eigenvalue weighted by Gasteiger charge is 2.22. The van der Waals surface area contributed by atoms with Crippen LogP contribution in [0, 0.1) is 0 Å². The number of hydrogen-bond donors (Lipinski definition) is 2. The van der Waals surface area contributed by atoms with Gasteiger partial charge in [0, 0.05) is 5.41 Å². The van der Waals surface area contributed by atoms with Crippen molar-refractivity contribution >= 4 is 11.9 Å². The van der Waals surface area contributed by atoms with Gasteiger partial charge >= 0.3 is 0 Å². The van der Waals surface area contributed by atoms with Crippen LogP contribution in [0.25, 0.3) is 0 Å². The molecule has 8 nitrogen and oxygen atoms in total. The van der Waals surface area contributed by atoms with E-state index in [1.165, 1.54) is 0 Å². The summed E-state index contributed by atoms with van der Waals surface area (Å²) in [4.78, 5) is 22.1. The molecule has 0 bridgehead atoms. The van der Waals surface area contributed by atoms with Crippen molar-refractivity contribution < 1.29 is 9.90 Å². The van der Waals surface area contributed by atoms with Gasteiger partial charge in [-0.3, -0.25) is 4.79 Å². The number of nitrogens with zero attached hydrogens (tertiary/aromatic N) is 3. The molecule has 94 valence electrons. The summed E-state index contributed by atoms with van der Waals surface area (Å²) >= 11 is 0. The van der Waals surface area contributed by atoms with Crippen molar-refractivity contribution in [2.24, 2.45) is 0 Å². The molecule has 8 heteroatoms. The first-order valence-electron chi connectivity index (χ1n) is 4.92. The number of hydrogen-bond acceptors (Lipinski definition) is 7. The van der Waals surface area contributed by atoms with Crippen molar-refractivity contribution in [3.63, 3.8) is 0 Å². The third-order valence-electron chi connectivity index (χ3n) is 2.00. The fourth-order valence-corrected chi connectivity index (χ4v) is 1.14. The Hall–Kier alpha value is -2.12. The summed E-state index contributed by atoms with van der Waals surface area (Å²) < 4.78 is 0.733. The first-order valence-corrected chi connectivity index (χ1v) is 4.92. The third kappa shape index (κ3) is 2.92. The number of aliphatic carboxylic acids is 1. The number of carbonyl (C=O) groups excluding carboxylic acids is 1. The predicted octanol–water partition coefficient (Wildman–Crippen LogP) is -2.19. The average Bonchev–Trinajstić information content (AvgIpc) is 2.18. The van der Waals surface area contributed by atoms with Crippen molar-refractivity contribution in [2.75, 3.05) is 17.7 Å². The molecule has 0 aliphatic heterocycles. The molecular formula is C9H14N5O3-. The minimum Gasteiger partial charge on any atom is -0.548 e. The van der Waals surface area contributed by atoms with Gasteiger partial charge in [0.15, 0.2) is 0 Å². The van der Waals surface area contributed by atoms with E-state index >= 15 is 0 Å². The zero-order valence-corrected chi connectivity index (χ0v) is 9.85. The third-order valence-corrected chi connectivity index (χ3v) is 2.00. The minimum atomic E-state index is -1.33. The van der Waals surface area contributed by atoms with Crippen LogP contribution in [0.5, 0.6) is 0 Å². The van der Waals surface area contributed by atoms with Gasteiger partial charge in [-0.1, -0.05) is 20.8 Å².